The van der Waals surface area contributed by atoms with E-state index in [-0.39, 0.29) is 6.61 Å². The SMILES string of the molecule is CCCCCCCCCCCCCC/C=C\CCCCCCCCCCCCCCCCC(O)C(=O)NC(CO)C(O)/C=C/CCCCCCCCCCCCCCCC. The Hall–Kier alpha value is -1.17. The average molecular weight is 846 g/mol. The van der Waals surface area contributed by atoms with Gasteiger partial charge in [-0.3, -0.25) is 4.79 Å². The fraction of sp³-hybridized carbons (Fsp3) is 0.909. The summed E-state index contributed by atoms with van der Waals surface area (Å²) in [5, 5.41) is 33.3. The molecule has 5 nitrogen and oxygen atoms in total. The number of allylic oxidation sites excluding steroid dienone is 3. The molecule has 0 spiro atoms. The van der Waals surface area contributed by atoms with Crippen molar-refractivity contribution in [2.24, 2.45) is 0 Å². The lowest BCUT2D eigenvalue weighted by Gasteiger charge is -2.21. The van der Waals surface area contributed by atoms with Crippen molar-refractivity contribution in [3.05, 3.63) is 24.3 Å². The molecule has 4 N–H and O–H groups in total. The molecule has 0 saturated heterocycles. The van der Waals surface area contributed by atoms with Crippen molar-refractivity contribution in [1.29, 1.82) is 0 Å². The molecule has 356 valence electrons. The molecule has 0 rings (SSSR count). The molecule has 5 heteroatoms. The van der Waals surface area contributed by atoms with Crippen LogP contribution in [0.3, 0.4) is 0 Å². The second-order valence-corrected chi connectivity index (χ2v) is 18.8. The minimum atomic E-state index is -1.10. The van der Waals surface area contributed by atoms with Crippen molar-refractivity contribution in [3.8, 4) is 0 Å². The van der Waals surface area contributed by atoms with Gasteiger partial charge in [0.2, 0.25) is 5.91 Å². The van der Waals surface area contributed by atoms with E-state index in [0.29, 0.717) is 6.42 Å². The van der Waals surface area contributed by atoms with Crippen LogP contribution in [0.15, 0.2) is 24.3 Å². The molecule has 0 saturated carbocycles. The summed E-state index contributed by atoms with van der Waals surface area (Å²) < 4.78 is 0. The highest BCUT2D eigenvalue weighted by Gasteiger charge is 2.22. The van der Waals surface area contributed by atoms with Gasteiger partial charge >= 0.3 is 0 Å². The highest BCUT2D eigenvalue weighted by molar-refractivity contribution is 5.80. The molecule has 0 aromatic heterocycles. The molecule has 0 fully saturated rings. The quantitative estimate of drug-likeness (QED) is 0.0363. The number of aliphatic hydroxyl groups is 3. The molecule has 1 amide bonds. The van der Waals surface area contributed by atoms with Gasteiger partial charge in [-0.05, 0) is 44.9 Å². The molecular formula is C55H107NO4. The van der Waals surface area contributed by atoms with E-state index in [1.54, 1.807) is 6.08 Å². The zero-order chi connectivity index (χ0) is 43.7. The smallest absolute Gasteiger partial charge is 0.249 e. The Balaban J connectivity index is 3.53. The van der Waals surface area contributed by atoms with Gasteiger partial charge in [-0.2, -0.15) is 0 Å². The van der Waals surface area contributed by atoms with E-state index < -0.39 is 24.2 Å². The van der Waals surface area contributed by atoms with Gasteiger partial charge in [-0.25, -0.2) is 0 Å². The minimum absolute atomic E-state index is 0.361. The van der Waals surface area contributed by atoms with Gasteiger partial charge in [-0.15, -0.1) is 0 Å². The lowest BCUT2D eigenvalue weighted by Crippen LogP contribution is -2.48. The summed E-state index contributed by atoms with van der Waals surface area (Å²) in [6.45, 7) is 4.21. The molecule has 0 radical (unpaired) electrons. The van der Waals surface area contributed by atoms with Gasteiger partial charge in [-0.1, -0.05) is 276 Å². The Morgan fingerprint density at radius 1 is 0.400 bits per heavy atom. The number of unbranched alkanes of at least 4 members (excludes halogenated alkanes) is 40. The maximum Gasteiger partial charge on any atom is 0.249 e. The van der Waals surface area contributed by atoms with Crippen LogP contribution < -0.4 is 5.32 Å². The predicted octanol–water partition coefficient (Wildman–Crippen LogP) is 16.5. The molecule has 60 heavy (non-hydrogen) atoms. The summed E-state index contributed by atoms with van der Waals surface area (Å²) in [6, 6.07) is -0.796. The number of nitrogens with one attached hydrogen (secondary N) is 1. The van der Waals surface area contributed by atoms with E-state index in [1.807, 2.05) is 6.08 Å². The Bertz CT molecular complexity index is 890. The number of hydrogen-bond donors (Lipinski definition) is 4. The van der Waals surface area contributed by atoms with Gasteiger partial charge in [0.25, 0.3) is 0 Å². The summed E-state index contributed by atoms with van der Waals surface area (Å²) in [6.07, 6.45) is 63.9. The summed E-state index contributed by atoms with van der Waals surface area (Å²) in [5.74, 6) is -0.499. The standard InChI is InChI=1S/C55H107NO4/c1-3-5-7-9-11-13-15-17-19-21-22-23-24-25-26-27-28-29-30-31-32-33-34-36-38-40-42-44-46-48-50-54(59)55(60)56-52(51-57)53(58)49-47-45-43-41-39-37-35-20-18-16-14-12-10-8-6-4-2/h25-26,47,49,52-54,57-59H,3-24,27-46,48,50-51H2,1-2H3,(H,56,60)/b26-25-,49-47+. The lowest BCUT2D eigenvalue weighted by atomic mass is 10.0. The van der Waals surface area contributed by atoms with Crippen LogP contribution in [0.4, 0.5) is 0 Å². The molecule has 0 aliphatic rings. The summed E-state index contributed by atoms with van der Waals surface area (Å²) in [5.41, 5.74) is 0. The highest BCUT2D eigenvalue weighted by Crippen LogP contribution is 2.17. The van der Waals surface area contributed by atoms with Crippen molar-refractivity contribution in [2.45, 2.75) is 315 Å². The van der Waals surface area contributed by atoms with E-state index in [0.717, 1.165) is 32.1 Å². The second kappa shape index (κ2) is 50.5. The monoisotopic (exact) mass is 846 g/mol. The Morgan fingerprint density at radius 2 is 0.667 bits per heavy atom. The fourth-order valence-electron chi connectivity index (χ4n) is 8.54. The molecule has 0 aliphatic carbocycles. The first-order valence-corrected chi connectivity index (χ1v) is 27.2. The Morgan fingerprint density at radius 3 is 0.967 bits per heavy atom. The number of hydrogen-bond acceptors (Lipinski definition) is 4. The van der Waals surface area contributed by atoms with E-state index in [4.69, 9.17) is 0 Å². The van der Waals surface area contributed by atoms with Gasteiger partial charge in [0.1, 0.15) is 6.10 Å². The van der Waals surface area contributed by atoms with Crippen molar-refractivity contribution in [3.63, 3.8) is 0 Å². The maximum absolute atomic E-state index is 12.5. The molecule has 0 bridgehead atoms. The van der Waals surface area contributed by atoms with E-state index in [2.05, 4.69) is 31.3 Å². The normalized spacial score (nSPS) is 13.5. The second-order valence-electron chi connectivity index (χ2n) is 18.8. The van der Waals surface area contributed by atoms with E-state index in [9.17, 15) is 20.1 Å². The first kappa shape index (κ1) is 58.8. The maximum atomic E-state index is 12.5. The topological polar surface area (TPSA) is 89.8 Å². The third-order valence-electron chi connectivity index (χ3n) is 12.8. The Kier molecular flexibility index (Phi) is 49.5. The van der Waals surface area contributed by atoms with Crippen LogP contribution in [0.2, 0.25) is 0 Å². The number of carbonyl (C=O) groups is 1. The van der Waals surface area contributed by atoms with Crippen LogP contribution in [-0.4, -0.2) is 46.1 Å². The van der Waals surface area contributed by atoms with Gasteiger partial charge in [0.05, 0.1) is 18.8 Å². The van der Waals surface area contributed by atoms with E-state index >= 15 is 0 Å². The molecule has 0 aromatic rings. The number of aliphatic hydroxyl groups excluding tert-OH is 3. The van der Waals surface area contributed by atoms with Gasteiger partial charge in [0, 0.05) is 0 Å². The van der Waals surface area contributed by atoms with Crippen molar-refractivity contribution < 1.29 is 20.1 Å². The minimum Gasteiger partial charge on any atom is -0.394 e. The van der Waals surface area contributed by atoms with Crippen LogP contribution in [0.1, 0.15) is 296 Å². The van der Waals surface area contributed by atoms with E-state index in [1.165, 1.54) is 244 Å². The predicted molar refractivity (Wildman–Crippen MR) is 264 cm³/mol. The lowest BCUT2D eigenvalue weighted by molar-refractivity contribution is -0.131. The zero-order valence-electron chi connectivity index (χ0n) is 40.6. The van der Waals surface area contributed by atoms with Crippen LogP contribution in [0.25, 0.3) is 0 Å². The highest BCUT2D eigenvalue weighted by atomic mass is 16.3. The molecule has 0 aromatic carbocycles. The van der Waals surface area contributed by atoms with Crippen LogP contribution in [0, 0.1) is 0 Å². The molecule has 0 heterocycles. The number of rotatable bonds is 50. The zero-order valence-corrected chi connectivity index (χ0v) is 40.6. The van der Waals surface area contributed by atoms with Crippen LogP contribution >= 0.6 is 0 Å². The fourth-order valence-corrected chi connectivity index (χ4v) is 8.54. The summed E-state index contributed by atoms with van der Waals surface area (Å²) in [7, 11) is 0. The largest absolute Gasteiger partial charge is 0.394 e. The van der Waals surface area contributed by atoms with Crippen LogP contribution in [0.5, 0.6) is 0 Å². The molecule has 0 aliphatic heterocycles. The summed E-state index contributed by atoms with van der Waals surface area (Å²) >= 11 is 0. The van der Waals surface area contributed by atoms with Crippen molar-refractivity contribution in [1.82, 2.24) is 5.32 Å². The van der Waals surface area contributed by atoms with Crippen LogP contribution in [-0.2, 0) is 4.79 Å². The van der Waals surface area contributed by atoms with Gasteiger partial charge < -0.3 is 20.6 Å². The number of amides is 1. The van der Waals surface area contributed by atoms with Crippen molar-refractivity contribution >= 4 is 5.91 Å². The third-order valence-corrected chi connectivity index (χ3v) is 12.8. The molecule has 3 unspecified atom stereocenters. The van der Waals surface area contributed by atoms with Crippen molar-refractivity contribution in [2.75, 3.05) is 6.61 Å². The average Bonchev–Trinajstić information content (AvgIpc) is 3.25. The number of carbonyl (C=O) groups excluding carboxylic acids is 1. The first-order valence-electron chi connectivity index (χ1n) is 27.2. The molecule has 3 atom stereocenters. The Labute approximate surface area is 375 Å². The summed E-state index contributed by atoms with van der Waals surface area (Å²) in [4.78, 5) is 12.5. The molecular weight excluding hydrogens is 739 g/mol. The first-order chi connectivity index (χ1) is 29.6. The third kappa shape index (κ3) is 44.9. The van der Waals surface area contributed by atoms with Gasteiger partial charge in [0.15, 0.2) is 0 Å².